The summed E-state index contributed by atoms with van der Waals surface area (Å²) in [5.41, 5.74) is 0.308. The molecule has 2 rings (SSSR count). The highest BCUT2D eigenvalue weighted by atomic mass is 79.9. The van der Waals surface area contributed by atoms with Crippen LogP contribution in [0.2, 0.25) is 5.02 Å². The molecule has 5 heteroatoms. The summed E-state index contributed by atoms with van der Waals surface area (Å²) in [5, 5.41) is 0.292. The zero-order valence-corrected chi connectivity index (χ0v) is 11.3. The first-order valence-electron chi connectivity index (χ1n) is 4.98. The van der Waals surface area contributed by atoms with E-state index in [1.54, 1.807) is 24.3 Å². The Morgan fingerprint density at radius 1 is 1.28 bits per heavy atom. The Balaban J connectivity index is 2.42. The van der Waals surface area contributed by atoms with Crippen molar-refractivity contribution in [1.29, 1.82) is 0 Å². The fraction of sp³-hybridized carbons (Fsp3) is 0. The molecule has 0 bridgehead atoms. The SMILES string of the molecule is O=Cc1cccc(Cl)c1Oc1cc(F)cc(Br)c1. The van der Waals surface area contributed by atoms with E-state index in [0.717, 1.165) is 0 Å². The molecule has 18 heavy (non-hydrogen) atoms. The highest BCUT2D eigenvalue weighted by Gasteiger charge is 2.10. The van der Waals surface area contributed by atoms with E-state index in [1.165, 1.54) is 12.1 Å². The van der Waals surface area contributed by atoms with E-state index in [1.807, 2.05) is 0 Å². The molecule has 0 radical (unpaired) electrons. The molecular weight excluding hydrogens is 322 g/mol. The van der Waals surface area contributed by atoms with Crippen LogP contribution in [0.25, 0.3) is 0 Å². The molecule has 0 spiro atoms. The quantitative estimate of drug-likeness (QED) is 0.753. The molecule has 0 fully saturated rings. The molecular formula is C13H7BrClFO2. The number of carbonyl (C=O) groups is 1. The van der Waals surface area contributed by atoms with Gasteiger partial charge in [0.15, 0.2) is 12.0 Å². The number of hydrogen-bond acceptors (Lipinski definition) is 2. The number of ether oxygens (including phenoxy) is 1. The lowest BCUT2D eigenvalue weighted by molar-refractivity contribution is 0.112. The van der Waals surface area contributed by atoms with Gasteiger partial charge in [-0.05, 0) is 24.3 Å². The fourth-order valence-corrected chi connectivity index (χ4v) is 2.10. The zero-order chi connectivity index (χ0) is 13.1. The Hall–Kier alpha value is -1.39. The van der Waals surface area contributed by atoms with E-state index in [0.29, 0.717) is 21.3 Å². The van der Waals surface area contributed by atoms with Crippen molar-refractivity contribution in [2.45, 2.75) is 0 Å². The Labute approximate surface area is 116 Å². The molecule has 0 N–H and O–H groups in total. The van der Waals surface area contributed by atoms with Crippen molar-refractivity contribution >= 4 is 33.8 Å². The molecule has 0 aromatic heterocycles. The second-order valence-electron chi connectivity index (χ2n) is 3.48. The standard InChI is InChI=1S/C13H7BrClFO2/c14-9-4-10(16)6-11(5-9)18-13-8(7-17)2-1-3-12(13)15/h1-7H. The van der Waals surface area contributed by atoms with E-state index >= 15 is 0 Å². The van der Waals surface area contributed by atoms with Crippen LogP contribution in [0.15, 0.2) is 40.9 Å². The molecule has 0 saturated heterocycles. The molecule has 92 valence electrons. The van der Waals surface area contributed by atoms with E-state index in [4.69, 9.17) is 16.3 Å². The number of benzene rings is 2. The summed E-state index contributed by atoms with van der Waals surface area (Å²) in [5.74, 6) is 0.0313. The second-order valence-corrected chi connectivity index (χ2v) is 4.81. The van der Waals surface area contributed by atoms with E-state index in [-0.39, 0.29) is 11.5 Å². The lowest BCUT2D eigenvalue weighted by Gasteiger charge is -2.10. The monoisotopic (exact) mass is 328 g/mol. The maximum absolute atomic E-state index is 13.2. The minimum Gasteiger partial charge on any atom is -0.455 e. The summed E-state index contributed by atoms with van der Waals surface area (Å²) in [6.45, 7) is 0. The van der Waals surface area contributed by atoms with Crippen molar-refractivity contribution < 1.29 is 13.9 Å². The number of hydrogen-bond donors (Lipinski definition) is 0. The van der Waals surface area contributed by atoms with Crippen molar-refractivity contribution in [3.8, 4) is 11.5 Å². The second kappa shape index (κ2) is 5.50. The summed E-state index contributed by atoms with van der Waals surface area (Å²) < 4.78 is 19.2. The summed E-state index contributed by atoms with van der Waals surface area (Å²) in [6, 6.07) is 8.91. The Morgan fingerprint density at radius 2 is 2.06 bits per heavy atom. The van der Waals surface area contributed by atoms with Crippen molar-refractivity contribution in [2.24, 2.45) is 0 Å². The normalized spacial score (nSPS) is 10.2. The van der Waals surface area contributed by atoms with Gasteiger partial charge in [-0.15, -0.1) is 0 Å². The van der Waals surface area contributed by atoms with Crippen molar-refractivity contribution in [1.82, 2.24) is 0 Å². The van der Waals surface area contributed by atoms with Crippen LogP contribution in [-0.4, -0.2) is 6.29 Å². The fourth-order valence-electron chi connectivity index (χ4n) is 1.43. The number of para-hydroxylation sites is 1. The van der Waals surface area contributed by atoms with Gasteiger partial charge in [-0.25, -0.2) is 4.39 Å². The van der Waals surface area contributed by atoms with Crippen LogP contribution >= 0.6 is 27.5 Å². The summed E-state index contributed by atoms with van der Waals surface area (Å²) in [4.78, 5) is 10.9. The van der Waals surface area contributed by atoms with Gasteiger partial charge in [0, 0.05) is 10.5 Å². The van der Waals surface area contributed by atoms with E-state index in [2.05, 4.69) is 15.9 Å². The van der Waals surface area contributed by atoms with Gasteiger partial charge in [-0.3, -0.25) is 4.79 Å². The van der Waals surface area contributed by atoms with Gasteiger partial charge >= 0.3 is 0 Å². The molecule has 0 aliphatic heterocycles. The van der Waals surface area contributed by atoms with Gasteiger partial charge < -0.3 is 4.74 Å². The average molecular weight is 330 g/mol. The minimum absolute atomic E-state index is 0.215. The van der Waals surface area contributed by atoms with Crippen molar-refractivity contribution in [2.75, 3.05) is 0 Å². The molecule has 0 unspecified atom stereocenters. The minimum atomic E-state index is -0.445. The van der Waals surface area contributed by atoms with Crippen LogP contribution in [0.4, 0.5) is 4.39 Å². The first-order valence-corrected chi connectivity index (χ1v) is 6.15. The number of rotatable bonds is 3. The molecule has 0 aliphatic rings. The van der Waals surface area contributed by atoms with Crippen molar-refractivity contribution in [3.63, 3.8) is 0 Å². The maximum Gasteiger partial charge on any atom is 0.156 e. The molecule has 2 aromatic carbocycles. The van der Waals surface area contributed by atoms with Gasteiger partial charge in [-0.2, -0.15) is 0 Å². The van der Waals surface area contributed by atoms with Crippen LogP contribution < -0.4 is 4.74 Å². The molecule has 0 aliphatic carbocycles. The first-order chi connectivity index (χ1) is 8.60. The molecule has 0 saturated carbocycles. The Kier molecular flexibility index (Phi) is 3.99. The number of aldehydes is 1. The van der Waals surface area contributed by atoms with Crippen LogP contribution in [0.1, 0.15) is 10.4 Å². The maximum atomic E-state index is 13.2. The number of halogens is 3. The first kappa shape index (κ1) is 13.1. The third-order valence-electron chi connectivity index (χ3n) is 2.18. The zero-order valence-electron chi connectivity index (χ0n) is 8.99. The molecule has 2 aromatic rings. The van der Waals surface area contributed by atoms with Crippen molar-refractivity contribution in [3.05, 3.63) is 57.3 Å². The largest absolute Gasteiger partial charge is 0.455 e. The topological polar surface area (TPSA) is 26.3 Å². The molecule has 0 heterocycles. The predicted octanol–water partition coefficient (Wildman–Crippen LogP) is 4.85. The molecule has 0 atom stereocenters. The summed E-state index contributed by atoms with van der Waals surface area (Å²) in [7, 11) is 0. The van der Waals surface area contributed by atoms with Gasteiger partial charge in [-0.1, -0.05) is 33.6 Å². The average Bonchev–Trinajstić information content (AvgIpc) is 2.30. The van der Waals surface area contributed by atoms with Gasteiger partial charge in [0.05, 0.1) is 10.6 Å². The Morgan fingerprint density at radius 3 is 2.72 bits per heavy atom. The van der Waals surface area contributed by atoms with Gasteiger partial charge in [0.25, 0.3) is 0 Å². The van der Waals surface area contributed by atoms with Crippen LogP contribution in [-0.2, 0) is 0 Å². The lowest BCUT2D eigenvalue weighted by Crippen LogP contribution is -1.92. The van der Waals surface area contributed by atoms with Crippen LogP contribution in [0.3, 0.4) is 0 Å². The van der Waals surface area contributed by atoms with Gasteiger partial charge in [0.1, 0.15) is 11.6 Å². The third-order valence-corrected chi connectivity index (χ3v) is 2.94. The lowest BCUT2D eigenvalue weighted by atomic mass is 10.2. The van der Waals surface area contributed by atoms with E-state index < -0.39 is 5.82 Å². The highest BCUT2D eigenvalue weighted by molar-refractivity contribution is 9.10. The summed E-state index contributed by atoms with van der Waals surface area (Å²) in [6.07, 6.45) is 0.634. The Bertz CT molecular complexity index is 581. The van der Waals surface area contributed by atoms with Crippen LogP contribution in [0.5, 0.6) is 11.5 Å². The molecule has 0 amide bonds. The number of carbonyl (C=O) groups excluding carboxylic acids is 1. The van der Waals surface area contributed by atoms with E-state index in [9.17, 15) is 9.18 Å². The van der Waals surface area contributed by atoms with Gasteiger partial charge in [0.2, 0.25) is 0 Å². The highest BCUT2D eigenvalue weighted by Crippen LogP contribution is 2.33. The smallest absolute Gasteiger partial charge is 0.156 e. The predicted molar refractivity (Wildman–Crippen MR) is 71.0 cm³/mol. The summed E-state index contributed by atoms with van der Waals surface area (Å²) >= 11 is 9.11. The van der Waals surface area contributed by atoms with Crippen LogP contribution in [0, 0.1) is 5.82 Å². The molecule has 2 nitrogen and oxygen atoms in total. The third kappa shape index (κ3) is 2.89.